The second-order valence-electron chi connectivity index (χ2n) is 18.2. The molecule has 0 saturated carbocycles. The van der Waals surface area contributed by atoms with Crippen LogP contribution in [-0.4, -0.2) is 19.6 Å². The van der Waals surface area contributed by atoms with Gasteiger partial charge in [-0.1, -0.05) is 167 Å². The van der Waals surface area contributed by atoms with Crippen LogP contribution in [0, 0.1) is 26.8 Å². The molecule has 2 aromatic heterocycles. The molecule has 9 aromatic rings. The molecule has 0 aliphatic rings. The van der Waals surface area contributed by atoms with Crippen molar-refractivity contribution in [3.05, 3.63) is 192 Å². The SMILES string of the molecule is [2H]c1nc(-c2[c-]c(-c3cccc4c3nc(-c3cc(C)cc(C)c3O)n4-c3cc(-c4ccccc4)c(C(C)(C)C)cc3-c3ccccc3)cc(C(C)(C)C)c2)c([2H])c(-c2c([2H])c([2H])c(C([2H])([2H])[2H])c([2H])c2[2H])c1[2H].[Pt]. The van der Waals surface area contributed by atoms with E-state index >= 15 is 0 Å². The number of phenols is 1. The van der Waals surface area contributed by atoms with E-state index in [1.807, 2.05) is 107 Å². The van der Waals surface area contributed by atoms with E-state index in [0.29, 0.717) is 33.6 Å². The van der Waals surface area contributed by atoms with Crippen LogP contribution in [0.25, 0.3) is 83.9 Å². The second-order valence-corrected chi connectivity index (χ2v) is 18.2. The van der Waals surface area contributed by atoms with Gasteiger partial charge in [-0.05, 0) is 106 Å². The minimum absolute atomic E-state index is 0. The van der Waals surface area contributed by atoms with Crippen LogP contribution in [0.15, 0.2) is 158 Å². The number of benzene rings is 7. The summed E-state index contributed by atoms with van der Waals surface area (Å²) in [6, 6.07) is 37.9. The summed E-state index contributed by atoms with van der Waals surface area (Å²) in [5.74, 6) is 0.583. The molecule has 0 fully saturated rings. The van der Waals surface area contributed by atoms with E-state index in [4.69, 9.17) is 17.3 Å². The fourth-order valence-electron chi connectivity index (χ4n) is 8.25. The van der Waals surface area contributed by atoms with Gasteiger partial charge in [0.15, 0.2) is 0 Å². The number of imidazole rings is 1. The zero-order valence-corrected chi connectivity index (χ0v) is 39.3. The third-order valence-electron chi connectivity index (χ3n) is 11.5. The number of fused-ring (bicyclic) bond motifs is 1. The number of phenolic OH excluding ortho intramolecular Hbond substituents is 1. The van der Waals surface area contributed by atoms with Crippen LogP contribution in [0.4, 0.5) is 0 Å². The summed E-state index contributed by atoms with van der Waals surface area (Å²) in [4.78, 5) is 9.93. The largest absolute Gasteiger partial charge is 0.507 e. The summed E-state index contributed by atoms with van der Waals surface area (Å²) in [6.45, 7) is 13.6. The maximum atomic E-state index is 12.0. The first-order valence-electron chi connectivity index (χ1n) is 26.1. The molecule has 0 spiro atoms. The Morgan fingerprint density at radius 3 is 1.95 bits per heavy atom. The number of pyridine rings is 1. The van der Waals surface area contributed by atoms with Gasteiger partial charge in [-0.3, -0.25) is 9.55 Å². The maximum absolute atomic E-state index is 12.0. The molecule has 322 valence electrons. The van der Waals surface area contributed by atoms with Crippen molar-refractivity contribution in [2.45, 2.75) is 73.1 Å². The van der Waals surface area contributed by atoms with Gasteiger partial charge in [-0.2, -0.15) is 0 Å². The van der Waals surface area contributed by atoms with Gasteiger partial charge < -0.3 is 5.11 Å². The van der Waals surface area contributed by atoms with Crippen molar-refractivity contribution in [1.29, 1.82) is 0 Å². The van der Waals surface area contributed by atoms with Crippen LogP contribution in [0.5, 0.6) is 5.75 Å². The number of para-hydroxylation sites is 1. The molecular formula is C59H54N3OPt-. The number of aryl methyl sites for hydroxylation is 2. The van der Waals surface area contributed by atoms with Crippen LogP contribution in [0.2, 0.25) is 0 Å². The average molecular weight is 1030 g/mol. The van der Waals surface area contributed by atoms with Crippen LogP contribution >= 0.6 is 0 Å². The molecule has 5 heteroatoms. The molecule has 0 aliphatic carbocycles. The normalized spacial score (nSPS) is 14.2. The van der Waals surface area contributed by atoms with Gasteiger partial charge in [-0.15, -0.1) is 29.3 Å². The van der Waals surface area contributed by atoms with E-state index in [9.17, 15) is 6.48 Å². The second kappa shape index (κ2) is 17.3. The molecule has 0 saturated heterocycles. The van der Waals surface area contributed by atoms with E-state index in [1.54, 1.807) is 6.07 Å². The first-order chi connectivity index (χ1) is 34.3. The van der Waals surface area contributed by atoms with Gasteiger partial charge in [0, 0.05) is 42.6 Å². The molecule has 1 N–H and O–H groups in total. The Labute approximate surface area is 407 Å². The molecule has 9 rings (SSSR count). The zero-order valence-electron chi connectivity index (χ0n) is 47.1. The van der Waals surface area contributed by atoms with Crippen LogP contribution in [0.3, 0.4) is 0 Å². The predicted octanol–water partition coefficient (Wildman–Crippen LogP) is 15.4. The topological polar surface area (TPSA) is 50.9 Å². The fourth-order valence-corrected chi connectivity index (χ4v) is 8.25. The number of nitrogens with zero attached hydrogens (tertiary/aromatic N) is 3. The van der Waals surface area contributed by atoms with Crippen molar-refractivity contribution in [2.24, 2.45) is 0 Å². The van der Waals surface area contributed by atoms with Gasteiger partial charge >= 0.3 is 0 Å². The summed E-state index contributed by atoms with van der Waals surface area (Å²) in [5, 5.41) is 12.0. The molecule has 64 heavy (non-hydrogen) atoms. The van der Waals surface area contributed by atoms with Crippen molar-refractivity contribution >= 4 is 11.0 Å². The van der Waals surface area contributed by atoms with Crippen LogP contribution in [0.1, 0.15) is 83.1 Å². The molecule has 0 atom stereocenters. The summed E-state index contributed by atoms with van der Waals surface area (Å²) < 4.78 is 88.3. The first-order valence-corrected chi connectivity index (χ1v) is 21.1. The zero-order chi connectivity index (χ0) is 52.8. The summed E-state index contributed by atoms with van der Waals surface area (Å²) >= 11 is 0. The van der Waals surface area contributed by atoms with Gasteiger partial charge in [0.25, 0.3) is 0 Å². The quantitative estimate of drug-likeness (QED) is 0.162. The summed E-state index contributed by atoms with van der Waals surface area (Å²) in [5.41, 5.74) is 9.21. The Morgan fingerprint density at radius 1 is 0.625 bits per heavy atom. The summed E-state index contributed by atoms with van der Waals surface area (Å²) in [7, 11) is 0. The minimum Gasteiger partial charge on any atom is -0.507 e. The van der Waals surface area contributed by atoms with E-state index in [1.165, 1.54) is 0 Å². The van der Waals surface area contributed by atoms with Gasteiger partial charge in [0.2, 0.25) is 0 Å². The molecular weight excluding hydrogens is 962 g/mol. The smallest absolute Gasteiger partial charge is 0.148 e. The predicted molar refractivity (Wildman–Crippen MR) is 264 cm³/mol. The summed E-state index contributed by atoms with van der Waals surface area (Å²) in [6.07, 6.45) is -0.589. The number of hydrogen-bond donors (Lipinski definition) is 1. The van der Waals surface area contributed by atoms with Gasteiger partial charge in [-0.25, -0.2) is 4.98 Å². The first kappa shape index (κ1) is 33.2. The Kier molecular flexibility index (Phi) is 8.98. The van der Waals surface area contributed by atoms with Crippen LogP contribution < -0.4 is 0 Å². The van der Waals surface area contributed by atoms with Crippen molar-refractivity contribution in [2.75, 3.05) is 0 Å². The Bertz CT molecular complexity index is 3660. The number of aromatic nitrogens is 3. The monoisotopic (exact) mass is 1030 g/mol. The Balaban J connectivity index is 0.00000729. The van der Waals surface area contributed by atoms with Crippen LogP contribution in [-0.2, 0) is 31.9 Å². The molecule has 4 nitrogen and oxygen atoms in total. The number of rotatable bonds is 7. The molecule has 2 heterocycles. The number of hydrogen-bond acceptors (Lipinski definition) is 3. The van der Waals surface area contributed by atoms with Crippen molar-refractivity contribution in [3.8, 4) is 78.6 Å². The molecule has 0 radical (unpaired) electrons. The third kappa shape index (κ3) is 8.52. The molecule has 0 bridgehead atoms. The van der Waals surface area contributed by atoms with Gasteiger partial charge in [0.1, 0.15) is 11.6 Å². The standard InChI is InChI=1S/C59H54N3O.Pt/c1-37-23-25-40(26-24-37)43-27-28-60-52(34-43)45-31-44(32-46(33-45)58(4,5)6)47-21-16-22-53-55(47)61-57(50-30-38(2)29-39(3)56(50)63)62(53)54-36-48(41-17-12-10-13-18-41)51(59(7,8)9)35-49(54)42-19-14-11-15-20-42;/h10-30,32-36,63H,1-9H3;/q-1;/i1D3,23D,24D,25D,26D,27D,28D,34D;. The maximum Gasteiger partial charge on any atom is 0.148 e. The average Bonchev–Trinajstić information content (AvgIpc) is 3.73. The van der Waals surface area contributed by atoms with E-state index in [-0.39, 0.29) is 49.1 Å². The fraction of sp³-hybridized carbons (Fsp3) is 0.186. The van der Waals surface area contributed by atoms with Gasteiger partial charge in [0.05, 0.1) is 31.9 Å². The van der Waals surface area contributed by atoms with E-state index < -0.39 is 65.8 Å². The Morgan fingerprint density at radius 2 is 1.30 bits per heavy atom. The molecule has 0 unspecified atom stereocenters. The molecule has 0 aliphatic heterocycles. The Hall–Kier alpha value is -6.35. The van der Waals surface area contributed by atoms with E-state index in [2.05, 4.69) is 72.8 Å². The van der Waals surface area contributed by atoms with Crippen molar-refractivity contribution < 1.29 is 39.9 Å². The molecule has 0 amide bonds. The van der Waals surface area contributed by atoms with E-state index in [0.717, 1.165) is 50.1 Å². The van der Waals surface area contributed by atoms with Crippen molar-refractivity contribution in [3.63, 3.8) is 0 Å². The minimum atomic E-state index is -2.97. The number of aromatic hydroxyl groups is 1. The molecule has 7 aromatic carbocycles. The third-order valence-corrected chi connectivity index (χ3v) is 11.5. The van der Waals surface area contributed by atoms with Crippen molar-refractivity contribution in [1.82, 2.24) is 14.5 Å².